The van der Waals surface area contributed by atoms with Gasteiger partial charge in [0.05, 0.1) is 0 Å². The molecule has 0 heterocycles. The number of hydrogen-bond donors (Lipinski definition) is 1. The van der Waals surface area contributed by atoms with E-state index in [0.717, 1.165) is 18.0 Å². The summed E-state index contributed by atoms with van der Waals surface area (Å²) in [6.07, 6.45) is 2.61. The Hall–Kier alpha value is -1.80. The van der Waals surface area contributed by atoms with E-state index in [2.05, 4.69) is 56.4 Å². The molecule has 1 fully saturated rings. The van der Waals surface area contributed by atoms with Gasteiger partial charge in [-0.25, -0.2) is 0 Å². The summed E-state index contributed by atoms with van der Waals surface area (Å²) < 4.78 is 6.26. The minimum atomic E-state index is 0.709. The van der Waals surface area contributed by atoms with Gasteiger partial charge >= 0.3 is 0 Å². The second-order valence-corrected chi connectivity index (χ2v) is 6.02. The quantitative estimate of drug-likeness (QED) is 0.861. The van der Waals surface area contributed by atoms with Gasteiger partial charge in [0.25, 0.3) is 0 Å². The average Bonchev–Trinajstić information content (AvgIpc) is 3.31. The molecule has 2 nitrogen and oxygen atoms in total. The maximum Gasteiger partial charge on any atom is 0.133 e. The Bertz CT molecular complexity index is 644. The van der Waals surface area contributed by atoms with Crippen LogP contribution in [0.15, 0.2) is 36.4 Å². The van der Waals surface area contributed by atoms with Crippen LogP contribution in [0.5, 0.6) is 11.5 Å². The summed E-state index contributed by atoms with van der Waals surface area (Å²) in [5.41, 5.74) is 4.90. The van der Waals surface area contributed by atoms with E-state index in [-0.39, 0.29) is 0 Å². The van der Waals surface area contributed by atoms with Crippen molar-refractivity contribution in [1.29, 1.82) is 0 Å². The van der Waals surface area contributed by atoms with Gasteiger partial charge in [-0.15, -0.1) is 0 Å². The molecule has 0 bridgehead atoms. The van der Waals surface area contributed by atoms with Crippen molar-refractivity contribution in [2.45, 2.75) is 46.2 Å². The van der Waals surface area contributed by atoms with Gasteiger partial charge in [-0.3, -0.25) is 0 Å². The van der Waals surface area contributed by atoms with E-state index in [1.165, 1.54) is 35.1 Å². The summed E-state index contributed by atoms with van der Waals surface area (Å²) in [6, 6.07) is 13.3. The molecule has 1 aliphatic carbocycles. The zero-order valence-corrected chi connectivity index (χ0v) is 13.1. The number of benzene rings is 2. The Balaban J connectivity index is 1.85. The molecule has 2 aromatic rings. The van der Waals surface area contributed by atoms with Crippen molar-refractivity contribution >= 4 is 0 Å². The average molecular weight is 281 g/mol. The Kier molecular flexibility index (Phi) is 3.98. The Morgan fingerprint density at radius 1 is 1.00 bits per heavy atom. The third-order valence-corrected chi connectivity index (χ3v) is 4.22. The van der Waals surface area contributed by atoms with Gasteiger partial charge in [-0.2, -0.15) is 0 Å². The minimum absolute atomic E-state index is 0.709. The third-order valence-electron chi connectivity index (χ3n) is 4.22. The largest absolute Gasteiger partial charge is 0.456 e. The molecule has 0 saturated heterocycles. The number of aryl methyl sites for hydroxylation is 2. The highest BCUT2D eigenvalue weighted by Gasteiger charge is 2.20. The summed E-state index contributed by atoms with van der Waals surface area (Å²) in [7, 11) is 0. The van der Waals surface area contributed by atoms with Crippen LogP contribution < -0.4 is 10.1 Å². The van der Waals surface area contributed by atoms with Gasteiger partial charge in [0, 0.05) is 18.2 Å². The first kappa shape index (κ1) is 14.2. The zero-order chi connectivity index (χ0) is 14.8. The fourth-order valence-corrected chi connectivity index (χ4v) is 2.48. The maximum atomic E-state index is 6.26. The van der Waals surface area contributed by atoms with E-state index < -0.39 is 0 Å². The monoisotopic (exact) mass is 281 g/mol. The lowest BCUT2D eigenvalue weighted by atomic mass is 10.1. The molecule has 0 aromatic heterocycles. The lowest BCUT2D eigenvalue weighted by Crippen LogP contribution is -2.15. The van der Waals surface area contributed by atoms with Crippen LogP contribution in [0, 0.1) is 20.8 Å². The van der Waals surface area contributed by atoms with E-state index in [9.17, 15) is 0 Å². The Morgan fingerprint density at radius 3 is 2.48 bits per heavy atom. The number of ether oxygens (including phenoxy) is 1. The predicted molar refractivity (Wildman–Crippen MR) is 87.0 cm³/mol. The van der Waals surface area contributed by atoms with Crippen molar-refractivity contribution in [2.24, 2.45) is 0 Å². The fraction of sp³-hybridized carbons (Fsp3) is 0.368. The smallest absolute Gasteiger partial charge is 0.133 e. The molecule has 21 heavy (non-hydrogen) atoms. The highest BCUT2D eigenvalue weighted by molar-refractivity contribution is 5.48. The Labute approximate surface area is 127 Å². The van der Waals surface area contributed by atoms with Gasteiger partial charge in [0.15, 0.2) is 0 Å². The molecule has 0 spiro atoms. The molecule has 2 heteroatoms. The van der Waals surface area contributed by atoms with E-state index in [0.29, 0.717) is 6.04 Å². The van der Waals surface area contributed by atoms with Crippen LogP contribution in [0.1, 0.15) is 35.1 Å². The minimum Gasteiger partial charge on any atom is -0.456 e. The highest BCUT2D eigenvalue weighted by Crippen LogP contribution is 2.32. The topological polar surface area (TPSA) is 21.3 Å². The first-order valence-corrected chi connectivity index (χ1v) is 7.71. The van der Waals surface area contributed by atoms with Gasteiger partial charge in [0.2, 0.25) is 0 Å². The molecular formula is C19H23NO. The number of hydrogen-bond acceptors (Lipinski definition) is 2. The molecule has 0 unspecified atom stereocenters. The van der Waals surface area contributed by atoms with Crippen LogP contribution >= 0.6 is 0 Å². The van der Waals surface area contributed by atoms with Gasteiger partial charge in [0.1, 0.15) is 11.5 Å². The fourth-order valence-electron chi connectivity index (χ4n) is 2.48. The molecule has 2 aromatic carbocycles. The molecular weight excluding hydrogens is 258 g/mol. The van der Waals surface area contributed by atoms with Gasteiger partial charge < -0.3 is 10.1 Å². The van der Waals surface area contributed by atoms with Gasteiger partial charge in [-0.1, -0.05) is 30.3 Å². The van der Waals surface area contributed by atoms with E-state index in [1.54, 1.807) is 0 Å². The summed E-state index contributed by atoms with van der Waals surface area (Å²) in [5.74, 6) is 1.95. The molecule has 3 rings (SSSR count). The van der Waals surface area contributed by atoms with Crippen LogP contribution in [0.4, 0.5) is 0 Å². The third kappa shape index (κ3) is 3.27. The number of rotatable bonds is 5. The maximum absolute atomic E-state index is 6.26. The summed E-state index contributed by atoms with van der Waals surface area (Å²) in [6.45, 7) is 7.24. The first-order valence-electron chi connectivity index (χ1n) is 7.71. The Morgan fingerprint density at radius 2 is 1.71 bits per heavy atom. The van der Waals surface area contributed by atoms with Crippen molar-refractivity contribution < 1.29 is 4.74 Å². The lowest BCUT2D eigenvalue weighted by molar-refractivity contribution is 0.465. The van der Waals surface area contributed by atoms with Crippen molar-refractivity contribution in [3.8, 4) is 11.5 Å². The normalized spacial score (nSPS) is 14.2. The molecule has 1 saturated carbocycles. The molecule has 1 aliphatic rings. The van der Waals surface area contributed by atoms with Crippen LogP contribution in [-0.4, -0.2) is 6.04 Å². The predicted octanol–water partition coefficient (Wildman–Crippen LogP) is 4.66. The second kappa shape index (κ2) is 5.90. The van der Waals surface area contributed by atoms with Crippen molar-refractivity contribution in [2.75, 3.05) is 0 Å². The van der Waals surface area contributed by atoms with Crippen LogP contribution in [0.3, 0.4) is 0 Å². The van der Waals surface area contributed by atoms with E-state index in [1.807, 2.05) is 6.07 Å². The number of para-hydroxylation sites is 1. The molecule has 0 radical (unpaired) electrons. The summed E-state index contributed by atoms with van der Waals surface area (Å²) in [5, 5.41) is 3.56. The van der Waals surface area contributed by atoms with Crippen LogP contribution in [-0.2, 0) is 6.54 Å². The van der Waals surface area contributed by atoms with Crippen molar-refractivity contribution in [1.82, 2.24) is 5.32 Å². The van der Waals surface area contributed by atoms with Crippen molar-refractivity contribution in [3.63, 3.8) is 0 Å². The number of nitrogens with one attached hydrogen (secondary N) is 1. The van der Waals surface area contributed by atoms with Gasteiger partial charge in [-0.05, 0) is 56.4 Å². The van der Waals surface area contributed by atoms with Crippen LogP contribution in [0.2, 0.25) is 0 Å². The SMILES string of the molecule is Cc1ccc(C)c(Oc2ccccc2CNC2CC2)c1C. The summed E-state index contributed by atoms with van der Waals surface area (Å²) in [4.78, 5) is 0. The molecule has 1 N–H and O–H groups in total. The molecule has 0 aliphatic heterocycles. The van der Waals surface area contributed by atoms with Crippen molar-refractivity contribution in [3.05, 3.63) is 58.7 Å². The van der Waals surface area contributed by atoms with E-state index >= 15 is 0 Å². The first-order chi connectivity index (χ1) is 10.1. The van der Waals surface area contributed by atoms with E-state index in [4.69, 9.17) is 4.74 Å². The summed E-state index contributed by atoms with van der Waals surface area (Å²) >= 11 is 0. The molecule has 110 valence electrons. The standard InChI is InChI=1S/C19H23NO/c1-13-8-9-14(2)19(15(13)3)21-18-7-5-4-6-16(18)12-20-17-10-11-17/h4-9,17,20H,10-12H2,1-3H3. The highest BCUT2D eigenvalue weighted by atomic mass is 16.5. The zero-order valence-electron chi connectivity index (χ0n) is 13.1. The lowest BCUT2D eigenvalue weighted by Gasteiger charge is -2.16. The van der Waals surface area contributed by atoms with Crippen LogP contribution in [0.25, 0.3) is 0 Å². The second-order valence-electron chi connectivity index (χ2n) is 6.02. The molecule has 0 atom stereocenters. The molecule has 0 amide bonds.